The van der Waals surface area contributed by atoms with E-state index in [1.54, 1.807) is 25.4 Å². The van der Waals surface area contributed by atoms with Crippen molar-refractivity contribution in [2.24, 2.45) is 0 Å². The first-order chi connectivity index (χ1) is 7.70. The van der Waals surface area contributed by atoms with E-state index in [0.29, 0.717) is 6.54 Å². The molecule has 0 unspecified atom stereocenters. The molecule has 0 aromatic carbocycles. The molecule has 4 nitrogen and oxygen atoms in total. The highest BCUT2D eigenvalue weighted by Gasteiger charge is 2.00. The zero-order valence-corrected chi connectivity index (χ0v) is 10.6. The molecule has 16 heavy (non-hydrogen) atoms. The van der Waals surface area contributed by atoms with Gasteiger partial charge >= 0.3 is 6.03 Å². The molecule has 1 rings (SSSR count). The van der Waals surface area contributed by atoms with Gasteiger partial charge in [-0.15, -0.1) is 0 Å². The summed E-state index contributed by atoms with van der Waals surface area (Å²) in [4.78, 5) is 12.7. The van der Waals surface area contributed by atoms with Gasteiger partial charge in [-0.05, 0) is 35.4 Å². The van der Waals surface area contributed by atoms with Crippen LogP contribution < -0.4 is 10.6 Å². The zero-order valence-electron chi connectivity index (χ0n) is 9.82. The van der Waals surface area contributed by atoms with E-state index in [-0.39, 0.29) is 6.03 Å². The van der Waals surface area contributed by atoms with Gasteiger partial charge in [0.15, 0.2) is 0 Å². The van der Waals surface area contributed by atoms with Gasteiger partial charge < -0.3 is 15.5 Å². The molecule has 0 bridgehead atoms. The van der Waals surface area contributed by atoms with E-state index < -0.39 is 0 Å². The SMILES string of the molecule is CN(C)C(=O)NCCNCCc1ccsc1. The van der Waals surface area contributed by atoms with Crippen LogP contribution in [0.1, 0.15) is 5.56 Å². The van der Waals surface area contributed by atoms with E-state index in [4.69, 9.17) is 0 Å². The average molecular weight is 241 g/mol. The minimum Gasteiger partial charge on any atom is -0.337 e. The molecule has 1 aromatic heterocycles. The normalized spacial score (nSPS) is 10.1. The number of amides is 2. The number of carbonyl (C=O) groups is 1. The molecule has 1 aromatic rings. The van der Waals surface area contributed by atoms with Gasteiger partial charge in [0.1, 0.15) is 0 Å². The maximum Gasteiger partial charge on any atom is 0.316 e. The summed E-state index contributed by atoms with van der Waals surface area (Å²) in [7, 11) is 3.47. The number of thiophene rings is 1. The molecule has 0 spiro atoms. The lowest BCUT2D eigenvalue weighted by molar-refractivity contribution is 0.217. The largest absolute Gasteiger partial charge is 0.337 e. The minimum atomic E-state index is -0.0420. The highest BCUT2D eigenvalue weighted by molar-refractivity contribution is 7.07. The lowest BCUT2D eigenvalue weighted by Gasteiger charge is -2.12. The number of rotatable bonds is 6. The summed E-state index contributed by atoms with van der Waals surface area (Å²) in [5.41, 5.74) is 1.37. The van der Waals surface area contributed by atoms with Crippen molar-refractivity contribution < 1.29 is 4.79 Å². The molecule has 90 valence electrons. The molecule has 0 atom stereocenters. The molecule has 0 saturated carbocycles. The Kier molecular flexibility index (Phi) is 5.88. The third-order valence-electron chi connectivity index (χ3n) is 2.15. The van der Waals surface area contributed by atoms with Crippen molar-refractivity contribution in [2.75, 3.05) is 33.7 Å². The summed E-state index contributed by atoms with van der Waals surface area (Å²) in [6.45, 7) is 2.43. The number of nitrogens with zero attached hydrogens (tertiary/aromatic N) is 1. The van der Waals surface area contributed by atoms with Crippen LogP contribution >= 0.6 is 11.3 Å². The molecule has 0 aliphatic carbocycles. The standard InChI is InChI=1S/C11H19N3OS/c1-14(2)11(15)13-7-6-12-5-3-10-4-8-16-9-10/h4,8-9,12H,3,5-7H2,1-2H3,(H,13,15). The van der Waals surface area contributed by atoms with Gasteiger partial charge in [0.25, 0.3) is 0 Å². The first-order valence-electron chi connectivity index (χ1n) is 5.37. The molecule has 2 N–H and O–H groups in total. The van der Waals surface area contributed by atoms with Crippen molar-refractivity contribution in [1.82, 2.24) is 15.5 Å². The Morgan fingerprint density at radius 2 is 2.19 bits per heavy atom. The van der Waals surface area contributed by atoms with Crippen LogP contribution in [0.15, 0.2) is 16.8 Å². The number of hydrogen-bond acceptors (Lipinski definition) is 3. The predicted molar refractivity (Wildman–Crippen MR) is 68.0 cm³/mol. The fourth-order valence-electron chi connectivity index (χ4n) is 1.21. The Morgan fingerprint density at radius 1 is 1.38 bits per heavy atom. The van der Waals surface area contributed by atoms with Gasteiger partial charge in [-0.25, -0.2) is 4.79 Å². The summed E-state index contributed by atoms with van der Waals surface area (Å²) in [5, 5.41) is 10.3. The maximum absolute atomic E-state index is 11.2. The van der Waals surface area contributed by atoms with Crippen LogP contribution in [-0.2, 0) is 6.42 Å². The van der Waals surface area contributed by atoms with E-state index in [2.05, 4.69) is 27.5 Å². The van der Waals surface area contributed by atoms with Crippen molar-refractivity contribution >= 4 is 17.4 Å². The lowest BCUT2D eigenvalue weighted by atomic mass is 10.2. The van der Waals surface area contributed by atoms with Gasteiger partial charge in [0.2, 0.25) is 0 Å². The fraction of sp³-hybridized carbons (Fsp3) is 0.545. The zero-order chi connectivity index (χ0) is 11.8. The van der Waals surface area contributed by atoms with E-state index in [9.17, 15) is 4.79 Å². The lowest BCUT2D eigenvalue weighted by Crippen LogP contribution is -2.38. The summed E-state index contributed by atoms with van der Waals surface area (Å²) in [5.74, 6) is 0. The van der Waals surface area contributed by atoms with Crippen LogP contribution in [0, 0.1) is 0 Å². The summed E-state index contributed by atoms with van der Waals surface area (Å²) < 4.78 is 0. The number of nitrogens with one attached hydrogen (secondary N) is 2. The van der Waals surface area contributed by atoms with Gasteiger partial charge in [-0.3, -0.25) is 0 Å². The molecule has 1 heterocycles. The highest BCUT2D eigenvalue weighted by atomic mass is 32.1. The number of carbonyl (C=O) groups excluding carboxylic acids is 1. The second-order valence-electron chi connectivity index (χ2n) is 3.76. The van der Waals surface area contributed by atoms with Crippen LogP contribution in [0.5, 0.6) is 0 Å². The molecule has 0 aliphatic rings. The van der Waals surface area contributed by atoms with E-state index in [1.807, 2.05) is 0 Å². The Labute approximate surface area is 101 Å². The predicted octanol–water partition coefficient (Wildman–Crippen LogP) is 1.15. The average Bonchev–Trinajstić information content (AvgIpc) is 2.75. The monoisotopic (exact) mass is 241 g/mol. The first-order valence-corrected chi connectivity index (χ1v) is 6.31. The highest BCUT2D eigenvalue weighted by Crippen LogP contribution is 2.05. The smallest absolute Gasteiger partial charge is 0.316 e. The van der Waals surface area contributed by atoms with Crippen molar-refractivity contribution in [3.05, 3.63) is 22.4 Å². The summed E-state index contributed by atoms with van der Waals surface area (Å²) in [6, 6.07) is 2.10. The molecule has 0 saturated heterocycles. The van der Waals surface area contributed by atoms with E-state index >= 15 is 0 Å². The van der Waals surface area contributed by atoms with Crippen LogP contribution in [0.3, 0.4) is 0 Å². The first kappa shape index (κ1) is 13.0. The topological polar surface area (TPSA) is 44.4 Å². The number of urea groups is 1. The summed E-state index contributed by atoms with van der Waals surface area (Å²) >= 11 is 1.72. The Bertz CT molecular complexity index is 298. The van der Waals surface area contributed by atoms with Crippen LogP contribution in [-0.4, -0.2) is 44.7 Å². The molecular formula is C11H19N3OS. The Balaban J connectivity index is 1.94. The van der Waals surface area contributed by atoms with Crippen LogP contribution in [0.4, 0.5) is 4.79 Å². The Morgan fingerprint density at radius 3 is 2.81 bits per heavy atom. The van der Waals surface area contributed by atoms with Crippen molar-refractivity contribution in [2.45, 2.75) is 6.42 Å². The maximum atomic E-state index is 11.2. The van der Waals surface area contributed by atoms with E-state index in [1.165, 1.54) is 10.5 Å². The van der Waals surface area contributed by atoms with Gasteiger partial charge in [0, 0.05) is 27.2 Å². The van der Waals surface area contributed by atoms with Crippen molar-refractivity contribution in [3.63, 3.8) is 0 Å². The molecular weight excluding hydrogens is 222 g/mol. The van der Waals surface area contributed by atoms with Gasteiger partial charge in [0.05, 0.1) is 0 Å². The quantitative estimate of drug-likeness (QED) is 0.734. The molecule has 0 radical (unpaired) electrons. The fourth-order valence-corrected chi connectivity index (χ4v) is 1.91. The van der Waals surface area contributed by atoms with E-state index in [0.717, 1.165) is 19.5 Å². The second-order valence-corrected chi connectivity index (χ2v) is 4.54. The summed E-state index contributed by atoms with van der Waals surface area (Å²) in [6.07, 6.45) is 1.05. The van der Waals surface area contributed by atoms with Crippen LogP contribution in [0.25, 0.3) is 0 Å². The number of hydrogen-bond donors (Lipinski definition) is 2. The molecule has 0 aliphatic heterocycles. The second kappa shape index (κ2) is 7.24. The molecule has 2 amide bonds. The molecule has 5 heteroatoms. The van der Waals surface area contributed by atoms with Crippen molar-refractivity contribution in [3.8, 4) is 0 Å². The van der Waals surface area contributed by atoms with Crippen molar-refractivity contribution in [1.29, 1.82) is 0 Å². The minimum absolute atomic E-state index is 0.0420. The Hall–Kier alpha value is -1.07. The molecule has 0 fully saturated rings. The third kappa shape index (κ3) is 5.14. The van der Waals surface area contributed by atoms with Crippen LogP contribution in [0.2, 0.25) is 0 Å². The van der Waals surface area contributed by atoms with Gasteiger partial charge in [-0.2, -0.15) is 11.3 Å². The van der Waals surface area contributed by atoms with Gasteiger partial charge in [-0.1, -0.05) is 0 Å². The third-order valence-corrected chi connectivity index (χ3v) is 2.89.